The molecule has 1 saturated heterocycles. The monoisotopic (exact) mass is 280 g/mol. The SMILES string of the molecule is CCC1(CO)CCN(C(=O)c2cc(C(C)C)on2)CC1. The maximum absolute atomic E-state index is 12.4. The molecule has 0 atom stereocenters. The summed E-state index contributed by atoms with van der Waals surface area (Å²) in [5.41, 5.74) is 0.380. The number of carbonyl (C=O) groups is 1. The molecule has 5 nitrogen and oxygen atoms in total. The molecule has 2 rings (SSSR count). The predicted octanol–water partition coefficient (Wildman–Crippen LogP) is 2.42. The van der Waals surface area contributed by atoms with Gasteiger partial charge in [-0.25, -0.2) is 0 Å². The molecule has 1 fully saturated rings. The third-order valence-electron chi connectivity index (χ3n) is 4.51. The van der Waals surface area contributed by atoms with Crippen molar-refractivity contribution in [1.29, 1.82) is 0 Å². The number of likely N-dealkylation sites (tertiary alicyclic amines) is 1. The summed E-state index contributed by atoms with van der Waals surface area (Å²) in [7, 11) is 0. The molecule has 0 radical (unpaired) electrons. The van der Waals surface area contributed by atoms with E-state index >= 15 is 0 Å². The number of hydrogen-bond donors (Lipinski definition) is 1. The lowest BCUT2D eigenvalue weighted by Crippen LogP contribution is -2.44. The van der Waals surface area contributed by atoms with Crippen molar-refractivity contribution in [3.05, 3.63) is 17.5 Å². The van der Waals surface area contributed by atoms with Gasteiger partial charge in [0, 0.05) is 31.7 Å². The third kappa shape index (κ3) is 2.87. The topological polar surface area (TPSA) is 66.6 Å². The van der Waals surface area contributed by atoms with Crippen LogP contribution in [-0.4, -0.2) is 40.8 Å². The van der Waals surface area contributed by atoms with E-state index in [1.165, 1.54) is 0 Å². The van der Waals surface area contributed by atoms with Gasteiger partial charge < -0.3 is 14.5 Å². The Balaban J connectivity index is 2.01. The summed E-state index contributed by atoms with van der Waals surface area (Å²) in [4.78, 5) is 14.2. The van der Waals surface area contributed by atoms with Crippen molar-refractivity contribution in [1.82, 2.24) is 10.1 Å². The van der Waals surface area contributed by atoms with E-state index in [-0.39, 0.29) is 23.8 Å². The lowest BCUT2D eigenvalue weighted by molar-refractivity contribution is 0.0332. The van der Waals surface area contributed by atoms with Gasteiger partial charge in [0.25, 0.3) is 5.91 Å². The Morgan fingerprint density at radius 3 is 2.60 bits per heavy atom. The molecule has 2 heterocycles. The fraction of sp³-hybridized carbons (Fsp3) is 0.733. The number of carbonyl (C=O) groups excluding carboxylic acids is 1. The highest BCUT2D eigenvalue weighted by Crippen LogP contribution is 2.34. The number of aliphatic hydroxyl groups is 1. The molecule has 1 aliphatic rings. The Kier molecular flexibility index (Phi) is 4.48. The van der Waals surface area contributed by atoms with E-state index in [2.05, 4.69) is 12.1 Å². The van der Waals surface area contributed by atoms with Gasteiger partial charge in [-0.05, 0) is 24.7 Å². The van der Waals surface area contributed by atoms with Gasteiger partial charge in [-0.15, -0.1) is 0 Å². The first-order valence-corrected chi connectivity index (χ1v) is 7.38. The molecule has 1 aromatic heterocycles. The number of amides is 1. The van der Waals surface area contributed by atoms with Crippen LogP contribution in [0.15, 0.2) is 10.6 Å². The van der Waals surface area contributed by atoms with E-state index in [0.717, 1.165) is 25.0 Å². The van der Waals surface area contributed by atoms with E-state index in [1.807, 2.05) is 18.7 Å². The molecule has 1 amide bonds. The number of rotatable bonds is 4. The van der Waals surface area contributed by atoms with Crippen LogP contribution < -0.4 is 0 Å². The average Bonchev–Trinajstić information content (AvgIpc) is 2.96. The molecule has 20 heavy (non-hydrogen) atoms. The largest absolute Gasteiger partial charge is 0.396 e. The summed E-state index contributed by atoms with van der Waals surface area (Å²) in [6.45, 7) is 7.67. The van der Waals surface area contributed by atoms with Crippen molar-refractivity contribution in [2.24, 2.45) is 5.41 Å². The molecule has 0 saturated carbocycles. The molecule has 1 aromatic rings. The maximum Gasteiger partial charge on any atom is 0.276 e. The van der Waals surface area contributed by atoms with Crippen molar-refractivity contribution < 1.29 is 14.4 Å². The van der Waals surface area contributed by atoms with Gasteiger partial charge in [-0.3, -0.25) is 4.79 Å². The van der Waals surface area contributed by atoms with Crippen LogP contribution in [0, 0.1) is 5.41 Å². The average molecular weight is 280 g/mol. The minimum absolute atomic E-state index is 0.0102. The number of piperidine rings is 1. The highest BCUT2D eigenvalue weighted by molar-refractivity contribution is 5.92. The number of aliphatic hydroxyl groups excluding tert-OH is 1. The van der Waals surface area contributed by atoms with Crippen LogP contribution in [-0.2, 0) is 0 Å². The highest BCUT2D eigenvalue weighted by Gasteiger charge is 2.34. The first-order valence-electron chi connectivity index (χ1n) is 7.38. The number of aromatic nitrogens is 1. The fourth-order valence-corrected chi connectivity index (χ4v) is 2.63. The Labute approximate surface area is 119 Å². The van der Waals surface area contributed by atoms with E-state index in [1.54, 1.807) is 6.07 Å². The molecule has 0 aromatic carbocycles. The van der Waals surface area contributed by atoms with Gasteiger partial charge in [0.15, 0.2) is 5.69 Å². The van der Waals surface area contributed by atoms with E-state index < -0.39 is 0 Å². The molecule has 1 aliphatic heterocycles. The normalized spacial score (nSPS) is 18.6. The van der Waals surface area contributed by atoms with Gasteiger partial charge in [-0.1, -0.05) is 25.9 Å². The zero-order valence-electron chi connectivity index (χ0n) is 12.6. The Morgan fingerprint density at radius 2 is 2.15 bits per heavy atom. The lowest BCUT2D eigenvalue weighted by Gasteiger charge is -2.39. The van der Waals surface area contributed by atoms with Crippen LogP contribution in [0.1, 0.15) is 62.2 Å². The second-order valence-electron chi connectivity index (χ2n) is 6.07. The summed E-state index contributed by atoms with van der Waals surface area (Å²) < 4.78 is 5.18. The van der Waals surface area contributed by atoms with Crippen molar-refractivity contribution in [3.8, 4) is 0 Å². The second-order valence-corrected chi connectivity index (χ2v) is 6.07. The molecule has 0 aliphatic carbocycles. The Hall–Kier alpha value is -1.36. The fourth-order valence-electron chi connectivity index (χ4n) is 2.63. The predicted molar refractivity (Wildman–Crippen MR) is 75.5 cm³/mol. The van der Waals surface area contributed by atoms with Gasteiger partial charge in [-0.2, -0.15) is 0 Å². The molecule has 5 heteroatoms. The molecule has 0 spiro atoms. The third-order valence-corrected chi connectivity index (χ3v) is 4.51. The van der Waals surface area contributed by atoms with Crippen LogP contribution in [0.2, 0.25) is 0 Å². The van der Waals surface area contributed by atoms with Gasteiger partial charge in [0.05, 0.1) is 0 Å². The summed E-state index contributed by atoms with van der Waals surface area (Å²) >= 11 is 0. The smallest absolute Gasteiger partial charge is 0.276 e. The minimum Gasteiger partial charge on any atom is -0.396 e. The maximum atomic E-state index is 12.4. The van der Waals surface area contributed by atoms with Crippen LogP contribution in [0.5, 0.6) is 0 Å². The van der Waals surface area contributed by atoms with Crippen molar-refractivity contribution >= 4 is 5.91 Å². The first kappa shape index (κ1) is 15.0. The van der Waals surface area contributed by atoms with E-state index in [4.69, 9.17) is 4.52 Å². The van der Waals surface area contributed by atoms with Crippen LogP contribution in [0.25, 0.3) is 0 Å². The van der Waals surface area contributed by atoms with Crippen LogP contribution in [0.4, 0.5) is 0 Å². The highest BCUT2D eigenvalue weighted by atomic mass is 16.5. The molecule has 0 unspecified atom stereocenters. The second kappa shape index (κ2) is 5.95. The molecular weight excluding hydrogens is 256 g/mol. The van der Waals surface area contributed by atoms with Crippen LogP contribution >= 0.6 is 0 Å². The lowest BCUT2D eigenvalue weighted by atomic mass is 9.77. The quantitative estimate of drug-likeness (QED) is 0.919. The van der Waals surface area contributed by atoms with E-state index in [9.17, 15) is 9.90 Å². The standard InChI is InChI=1S/C15H24N2O3/c1-4-15(10-18)5-7-17(8-6-15)14(19)12-9-13(11(2)3)20-16-12/h9,11,18H,4-8,10H2,1-3H3. The molecular formula is C15H24N2O3. The zero-order valence-corrected chi connectivity index (χ0v) is 12.6. The van der Waals surface area contributed by atoms with Crippen LogP contribution in [0.3, 0.4) is 0 Å². The Morgan fingerprint density at radius 1 is 1.50 bits per heavy atom. The van der Waals surface area contributed by atoms with Crippen molar-refractivity contribution in [2.75, 3.05) is 19.7 Å². The minimum atomic E-state index is -0.0664. The molecule has 112 valence electrons. The molecule has 0 bridgehead atoms. The molecule has 1 N–H and O–H groups in total. The van der Waals surface area contributed by atoms with E-state index in [0.29, 0.717) is 18.8 Å². The Bertz CT molecular complexity index is 453. The van der Waals surface area contributed by atoms with Crippen molar-refractivity contribution in [3.63, 3.8) is 0 Å². The number of nitrogens with zero attached hydrogens (tertiary/aromatic N) is 2. The summed E-state index contributed by atoms with van der Waals surface area (Å²) in [5.74, 6) is 0.902. The number of hydrogen-bond acceptors (Lipinski definition) is 4. The van der Waals surface area contributed by atoms with Crippen molar-refractivity contribution in [2.45, 2.75) is 46.0 Å². The van der Waals surface area contributed by atoms with Gasteiger partial charge in [0.1, 0.15) is 5.76 Å². The zero-order chi connectivity index (χ0) is 14.8. The summed E-state index contributed by atoms with van der Waals surface area (Å²) in [5, 5.41) is 13.4. The summed E-state index contributed by atoms with van der Waals surface area (Å²) in [6.07, 6.45) is 2.65. The van der Waals surface area contributed by atoms with Gasteiger partial charge >= 0.3 is 0 Å². The summed E-state index contributed by atoms with van der Waals surface area (Å²) in [6, 6.07) is 1.74. The van der Waals surface area contributed by atoms with Gasteiger partial charge in [0.2, 0.25) is 0 Å². The first-order chi connectivity index (χ1) is 9.51.